The van der Waals surface area contributed by atoms with Crippen molar-refractivity contribution >= 4 is 17.8 Å². The van der Waals surface area contributed by atoms with Crippen LogP contribution in [-0.4, -0.2) is 54.7 Å². The Bertz CT molecular complexity index is 600. The van der Waals surface area contributed by atoms with Gasteiger partial charge in [0.2, 0.25) is 0 Å². The third-order valence-corrected chi connectivity index (χ3v) is 3.72. The minimum atomic E-state index is -0.877. The van der Waals surface area contributed by atoms with Crippen molar-refractivity contribution in [2.75, 3.05) is 26.8 Å². The number of benzene rings is 1. The summed E-state index contributed by atoms with van der Waals surface area (Å²) in [6.45, 7) is 0.510. The zero-order valence-electron chi connectivity index (χ0n) is 12.9. The van der Waals surface area contributed by atoms with Crippen LogP contribution in [0.2, 0.25) is 0 Å². The molecule has 1 aliphatic rings. The summed E-state index contributed by atoms with van der Waals surface area (Å²) >= 11 is 0. The highest BCUT2D eigenvalue weighted by atomic mass is 16.6. The van der Waals surface area contributed by atoms with Crippen LogP contribution < -0.4 is 4.74 Å². The molecule has 0 spiro atoms. The molecule has 0 saturated carbocycles. The molecule has 1 atom stereocenters. The topological polar surface area (TPSA) is 93.1 Å². The zero-order valence-corrected chi connectivity index (χ0v) is 12.9. The van der Waals surface area contributed by atoms with Gasteiger partial charge in [0.15, 0.2) is 6.61 Å². The van der Waals surface area contributed by atoms with E-state index < -0.39 is 17.9 Å². The smallest absolute Gasteiger partial charge is 0.343 e. The fourth-order valence-corrected chi connectivity index (χ4v) is 2.47. The first kappa shape index (κ1) is 16.8. The molecule has 1 saturated heterocycles. The first-order chi connectivity index (χ1) is 11.0. The van der Waals surface area contributed by atoms with Gasteiger partial charge in [-0.3, -0.25) is 9.59 Å². The Hall–Kier alpha value is -2.57. The number of likely N-dealkylation sites (tertiary alicyclic amines) is 1. The molecule has 7 nitrogen and oxygen atoms in total. The lowest BCUT2D eigenvalue weighted by Crippen LogP contribution is -2.42. The van der Waals surface area contributed by atoms with Gasteiger partial charge in [-0.2, -0.15) is 0 Å². The summed E-state index contributed by atoms with van der Waals surface area (Å²) in [7, 11) is 1.26. The van der Waals surface area contributed by atoms with Crippen molar-refractivity contribution < 1.29 is 29.0 Å². The van der Waals surface area contributed by atoms with Crippen LogP contribution in [0.1, 0.15) is 23.2 Å². The van der Waals surface area contributed by atoms with E-state index in [4.69, 9.17) is 9.84 Å². The SMILES string of the molecule is COC(=O)COc1cccc(C(=O)N2CCCC(C(=O)O)C2)c1. The molecule has 1 amide bonds. The molecule has 0 bridgehead atoms. The van der Waals surface area contributed by atoms with Crippen LogP contribution in [0, 0.1) is 5.92 Å². The molecular formula is C16H19NO6. The van der Waals surface area contributed by atoms with E-state index in [1.165, 1.54) is 13.2 Å². The predicted molar refractivity (Wildman–Crippen MR) is 80.2 cm³/mol. The van der Waals surface area contributed by atoms with Gasteiger partial charge in [0.05, 0.1) is 13.0 Å². The molecule has 1 aliphatic heterocycles. The third-order valence-electron chi connectivity index (χ3n) is 3.72. The number of carboxylic acid groups (broad SMARTS) is 1. The van der Waals surface area contributed by atoms with Crippen LogP contribution in [0.15, 0.2) is 24.3 Å². The van der Waals surface area contributed by atoms with Gasteiger partial charge in [-0.1, -0.05) is 6.07 Å². The van der Waals surface area contributed by atoms with Crippen molar-refractivity contribution in [2.45, 2.75) is 12.8 Å². The summed E-state index contributed by atoms with van der Waals surface area (Å²) in [6.07, 6.45) is 1.25. The maximum atomic E-state index is 12.5. The van der Waals surface area contributed by atoms with Crippen molar-refractivity contribution in [1.29, 1.82) is 0 Å². The van der Waals surface area contributed by atoms with Gasteiger partial charge < -0.3 is 19.5 Å². The Balaban J connectivity index is 2.04. The lowest BCUT2D eigenvalue weighted by Gasteiger charge is -2.30. The molecule has 0 aromatic heterocycles. The summed E-state index contributed by atoms with van der Waals surface area (Å²) in [4.78, 5) is 36.2. The monoisotopic (exact) mass is 321 g/mol. The number of amides is 1. The number of methoxy groups -OCH3 is 1. The van der Waals surface area contributed by atoms with E-state index in [9.17, 15) is 14.4 Å². The summed E-state index contributed by atoms with van der Waals surface area (Å²) in [6, 6.07) is 6.46. The number of carboxylic acids is 1. The average molecular weight is 321 g/mol. The number of hydrogen-bond donors (Lipinski definition) is 1. The molecule has 1 N–H and O–H groups in total. The maximum Gasteiger partial charge on any atom is 0.343 e. The molecule has 1 aromatic carbocycles. The highest BCUT2D eigenvalue weighted by Crippen LogP contribution is 2.21. The van der Waals surface area contributed by atoms with Gasteiger partial charge in [0.1, 0.15) is 5.75 Å². The van der Waals surface area contributed by atoms with E-state index in [1.54, 1.807) is 23.1 Å². The van der Waals surface area contributed by atoms with Crippen molar-refractivity contribution in [3.63, 3.8) is 0 Å². The van der Waals surface area contributed by atoms with Gasteiger partial charge in [-0.25, -0.2) is 4.79 Å². The van der Waals surface area contributed by atoms with E-state index in [2.05, 4.69) is 4.74 Å². The van der Waals surface area contributed by atoms with E-state index in [-0.39, 0.29) is 19.1 Å². The third kappa shape index (κ3) is 4.45. The fourth-order valence-electron chi connectivity index (χ4n) is 2.47. The summed E-state index contributed by atoms with van der Waals surface area (Å²) in [5.74, 6) is -1.77. The Morgan fingerprint density at radius 2 is 2.13 bits per heavy atom. The molecule has 23 heavy (non-hydrogen) atoms. The predicted octanol–water partition coefficient (Wildman–Crippen LogP) is 1.18. The van der Waals surface area contributed by atoms with Gasteiger partial charge in [-0.15, -0.1) is 0 Å². The molecular weight excluding hydrogens is 302 g/mol. The number of piperidine rings is 1. The van der Waals surface area contributed by atoms with E-state index in [0.717, 1.165) is 0 Å². The largest absolute Gasteiger partial charge is 0.482 e. The van der Waals surface area contributed by atoms with Crippen molar-refractivity contribution in [1.82, 2.24) is 4.90 Å². The van der Waals surface area contributed by atoms with E-state index in [1.807, 2.05) is 0 Å². The number of rotatable bonds is 5. The number of hydrogen-bond acceptors (Lipinski definition) is 5. The molecule has 1 fully saturated rings. The van der Waals surface area contributed by atoms with E-state index >= 15 is 0 Å². The number of esters is 1. The number of carbonyl (C=O) groups is 3. The molecule has 0 aliphatic carbocycles. The van der Waals surface area contributed by atoms with Crippen molar-refractivity contribution in [3.8, 4) is 5.75 Å². The van der Waals surface area contributed by atoms with Crippen LogP contribution >= 0.6 is 0 Å². The second-order valence-electron chi connectivity index (χ2n) is 5.32. The Kier molecular flexibility index (Phi) is 5.56. The van der Waals surface area contributed by atoms with Crippen molar-refractivity contribution in [2.24, 2.45) is 5.92 Å². The molecule has 1 heterocycles. The Labute approximate surface area is 133 Å². The van der Waals surface area contributed by atoms with E-state index in [0.29, 0.717) is 30.7 Å². The average Bonchev–Trinajstić information content (AvgIpc) is 2.59. The highest BCUT2D eigenvalue weighted by Gasteiger charge is 2.28. The summed E-state index contributed by atoms with van der Waals surface area (Å²) in [5.41, 5.74) is 0.401. The molecule has 2 rings (SSSR count). The fraction of sp³-hybridized carbons (Fsp3) is 0.438. The lowest BCUT2D eigenvalue weighted by molar-refractivity contribution is -0.143. The summed E-state index contributed by atoms with van der Waals surface area (Å²) < 4.78 is 9.74. The number of carbonyl (C=O) groups excluding carboxylic acids is 2. The zero-order chi connectivity index (χ0) is 16.8. The molecule has 1 unspecified atom stereocenters. The lowest BCUT2D eigenvalue weighted by atomic mass is 9.97. The minimum Gasteiger partial charge on any atom is -0.482 e. The molecule has 0 radical (unpaired) electrons. The second-order valence-corrected chi connectivity index (χ2v) is 5.32. The Morgan fingerprint density at radius 3 is 2.83 bits per heavy atom. The van der Waals surface area contributed by atoms with Crippen LogP contribution in [0.4, 0.5) is 0 Å². The standard InChI is InChI=1S/C16H19NO6/c1-22-14(18)10-23-13-6-2-4-11(8-13)15(19)17-7-3-5-12(9-17)16(20)21/h2,4,6,8,12H,3,5,7,9-10H2,1H3,(H,20,21). The van der Waals surface area contributed by atoms with Crippen LogP contribution in [0.3, 0.4) is 0 Å². The highest BCUT2D eigenvalue weighted by molar-refractivity contribution is 5.95. The van der Waals surface area contributed by atoms with Gasteiger partial charge in [0.25, 0.3) is 5.91 Å². The van der Waals surface area contributed by atoms with Crippen LogP contribution in [0.5, 0.6) is 5.75 Å². The normalized spacial score (nSPS) is 17.4. The van der Waals surface area contributed by atoms with Crippen LogP contribution in [-0.2, 0) is 14.3 Å². The number of nitrogens with zero attached hydrogens (tertiary/aromatic N) is 1. The van der Waals surface area contributed by atoms with Gasteiger partial charge in [-0.05, 0) is 31.0 Å². The number of aliphatic carboxylic acids is 1. The number of ether oxygens (including phenoxy) is 2. The molecule has 7 heteroatoms. The first-order valence-electron chi connectivity index (χ1n) is 7.33. The maximum absolute atomic E-state index is 12.5. The quantitative estimate of drug-likeness (QED) is 0.819. The van der Waals surface area contributed by atoms with Gasteiger partial charge in [0, 0.05) is 18.7 Å². The minimum absolute atomic E-state index is 0.210. The molecule has 1 aromatic rings. The van der Waals surface area contributed by atoms with Crippen molar-refractivity contribution in [3.05, 3.63) is 29.8 Å². The first-order valence-corrected chi connectivity index (χ1v) is 7.33. The molecule has 124 valence electrons. The summed E-state index contributed by atoms with van der Waals surface area (Å²) in [5, 5.41) is 9.10. The van der Waals surface area contributed by atoms with Gasteiger partial charge >= 0.3 is 11.9 Å². The Morgan fingerprint density at radius 1 is 1.35 bits per heavy atom. The van der Waals surface area contributed by atoms with Crippen LogP contribution in [0.25, 0.3) is 0 Å². The second kappa shape index (κ2) is 7.62.